The Hall–Kier alpha value is -1.83. The monoisotopic (exact) mass is 247 g/mol. The van der Waals surface area contributed by atoms with Gasteiger partial charge in [-0.25, -0.2) is 9.59 Å². The van der Waals surface area contributed by atoms with Crippen LogP contribution in [0.2, 0.25) is 0 Å². The van der Waals surface area contributed by atoms with Gasteiger partial charge in [0, 0.05) is 33.0 Å². The third kappa shape index (κ3) is 8.03. The molecule has 3 amide bonds. The summed E-state index contributed by atoms with van der Waals surface area (Å²) in [5.74, 6) is -1.42. The Balaban J connectivity index is 3.82. The van der Waals surface area contributed by atoms with Crippen molar-refractivity contribution in [3.63, 3.8) is 0 Å². The highest BCUT2D eigenvalue weighted by atomic mass is 16.4. The third-order valence-corrected chi connectivity index (χ3v) is 1.81. The Kier molecular flexibility index (Phi) is 7.44. The van der Waals surface area contributed by atoms with Crippen molar-refractivity contribution >= 4 is 17.9 Å². The maximum atomic E-state index is 11.2. The number of carboxylic acids is 1. The van der Waals surface area contributed by atoms with E-state index in [9.17, 15) is 14.4 Å². The van der Waals surface area contributed by atoms with E-state index in [4.69, 9.17) is 10.2 Å². The van der Waals surface area contributed by atoms with Crippen molar-refractivity contribution in [2.75, 3.05) is 19.7 Å². The Morgan fingerprint density at radius 3 is 2.24 bits per heavy atom. The second-order valence-corrected chi connectivity index (χ2v) is 3.29. The molecule has 0 aromatic rings. The summed E-state index contributed by atoms with van der Waals surface area (Å²) in [6, 6.07) is -1.78. The second kappa shape index (κ2) is 8.34. The van der Waals surface area contributed by atoms with Gasteiger partial charge in [0.1, 0.15) is 6.04 Å². The van der Waals surface area contributed by atoms with Crippen LogP contribution in [0.25, 0.3) is 0 Å². The number of nitrogens with one attached hydrogen (secondary N) is 3. The van der Waals surface area contributed by atoms with Gasteiger partial charge < -0.3 is 26.2 Å². The predicted molar refractivity (Wildman–Crippen MR) is 58.3 cm³/mol. The Morgan fingerprint density at radius 2 is 1.76 bits per heavy atom. The van der Waals surface area contributed by atoms with Crippen LogP contribution in [0.1, 0.15) is 13.3 Å². The smallest absolute Gasteiger partial charge is 0.326 e. The lowest BCUT2D eigenvalue weighted by Crippen LogP contribution is -2.47. The first-order valence-corrected chi connectivity index (χ1v) is 5.09. The third-order valence-electron chi connectivity index (χ3n) is 1.81. The molecule has 0 saturated carbocycles. The lowest BCUT2D eigenvalue weighted by Gasteiger charge is -2.13. The van der Waals surface area contributed by atoms with Crippen LogP contribution in [0.15, 0.2) is 0 Å². The average molecular weight is 247 g/mol. The highest BCUT2D eigenvalue weighted by Gasteiger charge is 2.18. The van der Waals surface area contributed by atoms with Crippen molar-refractivity contribution in [1.29, 1.82) is 0 Å². The maximum Gasteiger partial charge on any atom is 0.326 e. The summed E-state index contributed by atoms with van der Waals surface area (Å²) in [5.41, 5.74) is 0. The number of urea groups is 1. The van der Waals surface area contributed by atoms with Crippen molar-refractivity contribution in [2.45, 2.75) is 19.4 Å². The molecule has 0 saturated heterocycles. The molecule has 0 spiro atoms. The molecule has 8 heteroatoms. The van der Waals surface area contributed by atoms with Gasteiger partial charge >= 0.3 is 12.0 Å². The van der Waals surface area contributed by atoms with E-state index in [1.54, 1.807) is 0 Å². The van der Waals surface area contributed by atoms with E-state index in [0.717, 1.165) is 0 Å². The van der Waals surface area contributed by atoms with E-state index in [1.807, 2.05) is 0 Å². The molecule has 0 bridgehead atoms. The molecule has 8 nitrogen and oxygen atoms in total. The Labute approximate surface area is 98.4 Å². The molecule has 0 aromatic carbocycles. The van der Waals surface area contributed by atoms with Crippen LogP contribution in [0, 0.1) is 0 Å². The van der Waals surface area contributed by atoms with Crippen molar-refractivity contribution < 1.29 is 24.6 Å². The summed E-state index contributed by atoms with van der Waals surface area (Å²) >= 11 is 0. The molecule has 0 heterocycles. The number of hydrogen-bond donors (Lipinski definition) is 5. The first-order valence-electron chi connectivity index (χ1n) is 5.09. The lowest BCUT2D eigenvalue weighted by molar-refractivity contribution is -0.139. The minimum absolute atomic E-state index is 0.0611. The van der Waals surface area contributed by atoms with Crippen LogP contribution in [0.3, 0.4) is 0 Å². The largest absolute Gasteiger partial charge is 0.480 e. The van der Waals surface area contributed by atoms with Crippen molar-refractivity contribution in [1.82, 2.24) is 16.0 Å². The average Bonchev–Trinajstić information content (AvgIpc) is 2.23. The van der Waals surface area contributed by atoms with Gasteiger partial charge in [-0.3, -0.25) is 4.79 Å². The molecule has 0 aliphatic heterocycles. The maximum absolute atomic E-state index is 11.2. The van der Waals surface area contributed by atoms with E-state index in [2.05, 4.69) is 16.0 Å². The molecule has 0 aliphatic rings. The number of aliphatic carboxylic acids is 1. The number of aliphatic hydroxyl groups excluding tert-OH is 1. The molecule has 0 aromatic heterocycles. The van der Waals surface area contributed by atoms with E-state index in [-0.39, 0.29) is 32.0 Å². The number of hydrogen-bond acceptors (Lipinski definition) is 4. The van der Waals surface area contributed by atoms with Gasteiger partial charge in [-0.15, -0.1) is 0 Å². The molecule has 17 heavy (non-hydrogen) atoms. The summed E-state index contributed by atoms with van der Waals surface area (Å²) < 4.78 is 0. The van der Waals surface area contributed by atoms with Crippen molar-refractivity contribution in [3.8, 4) is 0 Å². The topological polar surface area (TPSA) is 128 Å². The normalized spacial score (nSPS) is 11.4. The molecule has 0 unspecified atom stereocenters. The second-order valence-electron chi connectivity index (χ2n) is 3.29. The zero-order valence-corrected chi connectivity index (χ0v) is 9.52. The first kappa shape index (κ1) is 15.2. The molecule has 0 radical (unpaired) electrons. The van der Waals surface area contributed by atoms with Gasteiger partial charge in [-0.05, 0) is 0 Å². The molecular weight excluding hydrogens is 230 g/mol. The first-order chi connectivity index (χ1) is 7.97. The number of carbonyl (C=O) groups excluding carboxylic acids is 2. The number of rotatable bonds is 7. The summed E-state index contributed by atoms with van der Waals surface area (Å²) in [4.78, 5) is 32.3. The summed E-state index contributed by atoms with van der Waals surface area (Å²) in [6.07, 6.45) is -0.0611. The van der Waals surface area contributed by atoms with Gasteiger partial charge in [0.05, 0.1) is 0 Å². The SMILES string of the molecule is CC(=O)NCCNC(=O)N[C@H](CCO)C(=O)O. The summed E-state index contributed by atoms with van der Waals surface area (Å²) in [6.45, 7) is 1.47. The molecule has 0 fully saturated rings. The van der Waals surface area contributed by atoms with Crippen molar-refractivity contribution in [3.05, 3.63) is 0 Å². The van der Waals surface area contributed by atoms with Crippen LogP contribution in [-0.4, -0.2) is 53.9 Å². The number of amides is 3. The van der Waals surface area contributed by atoms with Gasteiger partial charge in [0.2, 0.25) is 5.91 Å². The molecule has 0 rings (SSSR count). The van der Waals surface area contributed by atoms with E-state index in [0.29, 0.717) is 0 Å². The van der Waals surface area contributed by atoms with Crippen LogP contribution < -0.4 is 16.0 Å². The molecule has 98 valence electrons. The van der Waals surface area contributed by atoms with E-state index >= 15 is 0 Å². The highest BCUT2D eigenvalue weighted by Crippen LogP contribution is 1.90. The minimum Gasteiger partial charge on any atom is -0.480 e. The van der Waals surface area contributed by atoms with E-state index in [1.165, 1.54) is 6.92 Å². The minimum atomic E-state index is -1.21. The van der Waals surface area contributed by atoms with Gasteiger partial charge in [-0.2, -0.15) is 0 Å². The fourth-order valence-corrected chi connectivity index (χ4v) is 1.01. The fraction of sp³-hybridized carbons (Fsp3) is 0.667. The van der Waals surface area contributed by atoms with Crippen LogP contribution in [0.5, 0.6) is 0 Å². The zero-order valence-electron chi connectivity index (χ0n) is 9.52. The lowest BCUT2D eigenvalue weighted by atomic mass is 10.2. The highest BCUT2D eigenvalue weighted by molar-refractivity contribution is 5.82. The standard InChI is InChI=1S/C9H17N3O5/c1-6(14)10-3-4-11-9(17)12-7(2-5-13)8(15)16/h7,13H,2-5H2,1H3,(H,10,14)(H,15,16)(H2,11,12,17)/t7-/m1/s1. The van der Waals surface area contributed by atoms with Crippen molar-refractivity contribution in [2.24, 2.45) is 0 Å². The van der Waals surface area contributed by atoms with Crippen LogP contribution >= 0.6 is 0 Å². The van der Waals surface area contributed by atoms with Crippen LogP contribution in [0.4, 0.5) is 4.79 Å². The number of aliphatic hydroxyl groups is 1. The quantitative estimate of drug-likeness (QED) is 0.341. The zero-order chi connectivity index (χ0) is 13.3. The Morgan fingerprint density at radius 1 is 1.18 bits per heavy atom. The summed E-state index contributed by atoms with van der Waals surface area (Å²) in [5, 5.41) is 24.3. The van der Waals surface area contributed by atoms with Crippen LogP contribution in [-0.2, 0) is 9.59 Å². The predicted octanol–water partition coefficient (Wildman–Crippen LogP) is -1.74. The fourth-order valence-electron chi connectivity index (χ4n) is 1.01. The van der Waals surface area contributed by atoms with Gasteiger partial charge in [0.15, 0.2) is 0 Å². The molecular formula is C9H17N3O5. The molecule has 1 atom stereocenters. The number of carbonyl (C=O) groups is 3. The Bertz CT molecular complexity index is 282. The van der Waals surface area contributed by atoms with Gasteiger partial charge in [0.25, 0.3) is 0 Å². The van der Waals surface area contributed by atoms with E-state index < -0.39 is 18.0 Å². The molecule has 0 aliphatic carbocycles. The molecule has 5 N–H and O–H groups in total. The van der Waals surface area contributed by atoms with Gasteiger partial charge in [-0.1, -0.05) is 0 Å². The number of carboxylic acid groups (broad SMARTS) is 1. The summed E-state index contributed by atoms with van der Waals surface area (Å²) in [7, 11) is 0.